The number of para-hydroxylation sites is 1. The van der Waals surface area contributed by atoms with Gasteiger partial charge in [-0.3, -0.25) is 33.6 Å². The topological polar surface area (TPSA) is 332 Å². The molecule has 1 saturated heterocycles. The van der Waals surface area contributed by atoms with E-state index in [4.69, 9.17) is 11.5 Å². The maximum absolute atomic E-state index is 14.7. The number of aromatic nitrogens is 1. The van der Waals surface area contributed by atoms with Crippen LogP contribution in [-0.2, 0) is 52.8 Å². The van der Waals surface area contributed by atoms with Crippen molar-refractivity contribution in [2.75, 3.05) is 24.7 Å². The molecule has 0 aliphatic carbocycles. The Morgan fingerprint density at radius 3 is 1.96 bits per heavy atom. The third-order valence-corrected chi connectivity index (χ3v) is 14.3. The minimum absolute atomic E-state index is 0.0340. The van der Waals surface area contributed by atoms with Gasteiger partial charge in [0.1, 0.15) is 36.3 Å². The van der Waals surface area contributed by atoms with Gasteiger partial charge in [0.25, 0.3) is 0 Å². The molecule has 0 saturated carbocycles. The Labute approximate surface area is 420 Å². The summed E-state index contributed by atoms with van der Waals surface area (Å²) in [5, 5.41) is 50.5. The van der Waals surface area contributed by atoms with Gasteiger partial charge in [-0.1, -0.05) is 100 Å². The molecular formula is C49H66N10O10S2. The van der Waals surface area contributed by atoms with Crippen LogP contribution in [0.4, 0.5) is 0 Å². The fourth-order valence-corrected chi connectivity index (χ4v) is 10.1. The van der Waals surface area contributed by atoms with Crippen LogP contribution in [-0.4, -0.2) is 147 Å². The van der Waals surface area contributed by atoms with Gasteiger partial charge in [-0.2, -0.15) is 0 Å². The fraction of sp³-hybridized carbons (Fsp3) is 0.449. The van der Waals surface area contributed by atoms with Crippen molar-refractivity contribution in [3.05, 3.63) is 108 Å². The molecule has 15 N–H and O–H groups in total. The molecule has 1 aliphatic rings. The summed E-state index contributed by atoms with van der Waals surface area (Å²) in [5.74, 6) is -6.01. The van der Waals surface area contributed by atoms with Crippen LogP contribution in [0.3, 0.4) is 0 Å². The number of hydrogen-bond donors (Lipinski definition) is 13. The number of fused-ring (bicyclic) bond motifs is 1. The van der Waals surface area contributed by atoms with Crippen molar-refractivity contribution < 1.29 is 48.9 Å². The number of H-pyrrole nitrogens is 1. The smallest absolute Gasteiger partial charge is 0.245 e. The zero-order valence-corrected chi connectivity index (χ0v) is 41.3. The van der Waals surface area contributed by atoms with Crippen molar-refractivity contribution in [2.24, 2.45) is 11.5 Å². The highest BCUT2D eigenvalue weighted by molar-refractivity contribution is 8.76. The van der Waals surface area contributed by atoms with Crippen molar-refractivity contribution >= 4 is 73.8 Å². The highest BCUT2D eigenvalue weighted by Crippen LogP contribution is 2.24. The molecule has 1 aliphatic heterocycles. The number of hydrogen-bond acceptors (Lipinski definition) is 14. The maximum atomic E-state index is 14.7. The summed E-state index contributed by atoms with van der Waals surface area (Å²) >= 11 is 0. The van der Waals surface area contributed by atoms with Crippen LogP contribution in [0.15, 0.2) is 91.1 Å². The molecule has 4 aromatic rings. The Bertz CT molecular complexity index is 2400. The van der Waals surface area contributed by atoms with E-state index in [0.29, 0.717) is 24.0 Å². The first kappa shape index (κ1) is 55.9. The lowest BCUT2D eigenvalue weighted by molar-refractivity contribution is -0.136. The van der Waals surface area contributed by atoms with E-state index in [1.807, 2.05) is 30.3 Å². The molecule has 71 heavy (non-hydrogen) atoms. The molecule has 0 spiro atoms. The minimum atomic E-state index is -1.66. The summed E-state index contributed by atoms with van der Waals surface area (Å²) in [6.45, 7) is 2.23. The number of carbonyl (C=O) groups is 7. The van der Waals surface area contributed by atoms with Crippen molar-refractivity contribution in [3.63, 3.8) is 0 Å². The predicted octanol–water partition coefficient (Wildman–Crippen LogP) is -0.805. The average molecular weight is 1020 g/mol. The van der Waals surface area contributed by atoms with Gasteiger partial charge < -0.3 is 69.0 Å². The number of carbonyl (C=O) groups excluding carboxylic acids is 7. The monoisotopic (exact) mass is 1020 g/mol. The summed E-state index contributed by atoms with van der Waals surface area (Å²) in [4.78, 5) is 103. The largest absolute Gasteiger partial charge is 0.394 e. The molecule has 10 atom stereocenters. The van der Waals surface area contributed by atoms with E-state index in [1.165, 1.54) is 13.8 Å². The second-order valence-corrected chi connectivity index (χ2v) is 20.0. The number of benzene rings is 3. The van der Waals surface area contributed by atoms with Crippen LogP contribution in [0.2, 0.25) is 0 Å². The minimum Gasteiger partial charge on any atom is -0.394 e. The number of nitrogens with two attached hydrogens (primary N) is 2. The zero-order valence-electron chi connectivity index (χ0n) is 39.7. The van der Waals surface area contributed by atoms with E-state index >= 15 is 0 Å². The summed E-state index contributed by atoms with van der Waals surface area (Å²) < 4.78 is 0. The highest BCUT2D eigenvalue weighted by atomic mass is 33.1. The standard InChI is InChI=1S/C49H66N10O10S2/c1-28(61)39(25-60)56-48(68)41-27-71-70-26-40(57-43(63)34(51)21-30-13-5-3-6-14-30)47(67)54-37(22-31-15-7-4-8-16-31)45(65)55-38(23-32-24-52-35-18-10-9-17-33(32)35)46(66)53-36(19-11-12-20-50)44(64)59-42(29(2)62)49(69)58-41/h3-10,13-18,24,28-29,34,36-42,52,60-62H,11-12,19-23,25-27,50-51H2,1-2H3,(H,53,66)(H,54,67)(H,55,65)(H,56,68)(H,57,63)(H,58,69)(H,59,64)/t28?,29-,34-,36?,37+,38-,39?,40?,41+,42+/m1/s1. The quantitative estimate of drug-likeness (QED) is 0.0455. The number of amides is 7. The molecule has 4 unspecified atom stereocenters. The van der Waals surface area contributed by atoms with E-state index in [-0.39, 0.29) is 43.7 Å². The molecule has 1 aromatic heterocycles. The normalized spacial score (nSPS) is 22.8. The SMILES string of the molecule is CC(O)C(CO)NC(=O)[C@@H]1CSSCC(NC(=O)[C@H](N)Cc2ccccc2)C(=O)N[C@@H](Cc2ccccc2)C(=O)N[C@H](Cc2c[nH]c3ccccc23)C(=O)NC(CCCCN)C(=O)N[C@@H]([C@@H](C)O)C(=O)N1. The summed E-state index contributed by atoms with van der Waals surface area (Å²) in [7, 11) is 2.06. The van der Waals surface area contributed by atoms with Crippen molar-refractivity contribution in [1.29, 1.82) is 0 Å². The molecule has 384 valence electrons. The Morgan fingerprint density at radius 2 is 1.31 bits per heavy atom. The predicted molar refractivity (Wildman–Crippen MR) is 272 cm³/mol. The van der Waals surface area contributed by atoms with E-state index in [2.05, 4.69) is 42.2 Å². The molecule has 7 amide bonds. The number of nitrogens with one attached hydrogen (secondary N) is 8. The third kappa shape index (κ3) is 17.1. The molecule has 0 radical (unpaired) electrons. The van der Waals surface area contributed by atoms with Crippen LogP contribution in [0.25, 0.3) is 10.9 Å². The Morgan fingerprint density at radius 1 is 0.718 bits per heavy atom. The highest BCUT2D eigenvalue weighted by Gasteiger charge is 2.36. The van der Waals surface area contributed by atoms with E-state index in [9.17, 15) is 48.9 Å². The van der Waals surface area contributed by atoms with Crippen LogP contribution < -0.4 is 48.7 Å². The summed E-state index contributed by atoms with van der Waals surface area (Å²) in [6, 6.07) is 14.6. The first-order valence-corrected chi connectivity index (χ1v) is 26.0. The van der Waals surface area contributed by atoms with Crippen molar-refractivity contribution in [1.82, 2.24) is 42.2 Å². The fourth-order valence-electron chi connectivity index (χ4n) is 7.73. The number of unbranched alkanes of at least 4 members (excludes halogenated alkanes) is 1. The molecule has 22 heteroatoms. The van der Waals surface area contributed by atoms with Crippen molar-refractivity contribution in [2.45, 2.75) is 113 Å². The van der Waals surface area contributed by atoms with Gasteiger partial charge >= 0.3 is 0 Å². The van der Waals surface area contributed by atoms with Crippen molar-refractivity contribution in [3.8, 4) is 0 Å². The lowest BCUT2D eigenvalue weighted by atomic mass is 10.0. The van der Waals surface area contributed by atoms with Crippen LogP contribution >= 0.6 is 21.6 Å². The van der Waals surface area contributed by atoms with Gasteiger partial charge in [0, 0.05) is 41.4 Å². The maximum Gasteiger partial charge on any atom is 0.245 e. The van der Waals surface area contributed by atoms with Gasteiger partial charge in [0.2, 0.25) is 41.4 Å². The lowest BCUT2D eigenvalue weighted by Gasteiger charge is -2.29. The first-order valence-electron chi connectivity index (χ1n) is 23.5. The Balaban J connectivity index is 1.56. The molecule has 5 rings (SSSR count). The number of aliphatic hydroxyl groups excluding tert-OH is 3. The second kappa shape index (κ2) is 28.1. The van der Waals surface area contributed by atoms with E-state index in [0.717, 1.165) is 38.1 Å². The summed E-state index contributed by atoms with van der Waals surface area (Å²) in [6.07, 6.45) is -0.156. The van der Waals surface area contributed by atoms with Crippen LogP contribution in [0.1, 0.15) is 49.8 Å². The zero-order chi connectivity index (χ0) is 51.5. The van der Waals surface area contributed by atoms with Gasteiger partial charge in [0.05, 0.1) is 30.9 Å². The second-order valence-electron chi connectivity index (χ2n) is 17.5. The molecule has 3 aromatic carbocycles. The van der Waals surface area contributed by atoms with Crippen LogP contribution in [0.5, 0.6) is 0 Å². The number of rotatable bonds is 17. The molecule has 0 bridgehead atoms. The van der Waals surface area contributed by atoms with E-state index < -0.39 is 108 Å². The van der Waals surface area contributed by atoms with Gasteiger partial charge in [0.15, 0.2) is 0 Å². The molecular weight excluding hydrogens is 953 g/mol. The van der Waals surface area contributed by atoms with Gasteiger partial charge in [-0.05, 0) is 68.8 Å². The molecule has 20 nitrogen and oxygen atoms in total. The van der Waals surface area contributed by atoms with Gasteiger partial charge in [-0.15, -0.1) is 0 Å². The Hall–Kier alpha value is -6.01. The van der Waals surface area contributed by atoms with Gasteiger partial charge in [-0.25, -0.2) is 0 Å². The van der Waals surface area contributed by atoms with Crippen LogP contribution in [0, 0.1) is 0 Å². The lowest BCUT2D eigenvalue weighted by Crippen LogP contribution is -2.62. The number of aliphatic hydroxyl groups is 3. The first-order chi connectivity index (χ1) is 34.1. The number of aromatic amines is 1. The average Bonchev–Trinajstić information content (AvgIpc) is 3.76. The summed E-state index contributed by atoms with van der Waals surface area (Å²) in [5.41, 5.74) is 15.0. The molecule has 2 heterocycles. The molecule has 1 fully saturated rings. The Kier molecular flexibility index (Phi) is 22.2. The van der Waals surface area contributed by atoms with E-state index in [1.54, 1.807) is 60.8 Å². The third-order valence-electron chi connectivity index (χ3n) is 11.9.